The lowest BCUT2D eigenvalue weighted by Crippen LogP contribution is -2.30. The molecule has 1 heterocycles. The van der Waals surface area contributed by atoms with Gasteiger partial charge in [0.2, 0.25) is 0 Å². The Morgan fingerprint density at radius 3 is 2.67 bits per heavy atom. The third kappa shape index (κ3) is 2.71. The van der Waals surface area contributed by atoms with Gasteiger partial charge in [-0.25, -0.2) is 0 Å². The fourth-order valence-electron chi connectivity index (χ4n) is 1.78. The van der Waals surface area contributed by atoms with Gasteiger partial charge in [0, 0.05) is 17.1 Å². The topological polar surface area (TPSA) is 46.3 Å². The van der Waals surface area contributed by atoms with E-state index in [9.17, 15) is 4.79 Å². The third-order valence-electron chi connectivity index (χ3n) is 2.79. The SMILES string of the molecule is CCN(Cc1cccs1)C(=O)c1ccccc1N. The Hall–Kier alpha value is -1.81. The average molecular weight is 260 g/mol. The van der Waals surface area contributed by atoms with Crippen molar-refractivity contribution in [1.82, 2.24) is 4.90 Å². The Morgan fingerprint density at radius 2 is 2.06 bits per heavy atom. The van der Waals surface area contributed by atoms with Gasteiger partial charge >= 0.3 is 0 Å². The molecule has 0 fully saturated rings. The quantitative estimate of drug-likeness (QED) is 0.859. The van der Waals surface area contributed by atoms with E-state index in [1.807, 2.05) is 36.6 Å². The summed E-state index contributed by atoms with van der Waals surface area (Å²) in [6, 6.07) is 11.2. The molecule has 0 radical (unpaired) electrons. The second-order valence-electron chi connectivity index (χ2n) is 3.99. The first-order valence-corrected chi connectivity index (χ1v) is 6.76. The first kappa shape index (κ1) is 12.6. The maximum Gasteiger partial charge on any atom is 0.256 e. The molecular formula is C14H16N2OS. The number of hydrogen-bond donors (Lipinski definition) is 1. The molecule has 18 heavy (non-hydrogen) atoms. The van der Waals surface area contributed by atoms with E-state index in [1.54, 1.807) is 28.4 Å². The molecule has 0 atom stereocenters. The summed E-state index contributed by atoms with van der Waals surface area (Å²) in [6.07, 6.45) is 0. The number of amides is 1. The van der Waals surface area contributed by atoms with Gasteiger partial charge in [-0.05, 0) is 30.5 Å². The van der Waals surface area contributed by atoms with Gasteiger partial charge in [0.25, 0.3) is 5.91 Å². The number of para-hydroxylation sites is 1. The van der Waals surface area contributed by atoms with E-state index in [-0.39, 0.29) is 5.91 Å². The second kappa shape index (κ2) is 5.69. The van der Waals surface area contributed by atoms with Crippen LogP contribution in [0.3, 0.4) is 0 Å². The lowest BCUT2D eigenvalue weighted by molar-refractivity contribution is 0.0755. The predicted molar refractivity (Wildman–Crippen MR) is 75.6 cm³/mol. The van der Waals surface area contributed by atoms with Crippen molar-refractivity contribution >= 4 is 22.9 Å². The van der Waals surface area contributed by atoms with Crippen LogP contribution in [-0.2, 0) is 6.54 Å². The molecule has 0 aliphatic carbocycles. The summed E-state index contributed by atoms with van der Waals surface area (Å²) in [5, 5.41) is 2.02. The zero-order valence-corrected chi connectivity index (χ0v) is 11.1. The van der Waals surface area contributed by atoms with Crippen LogP contribution in [-0.4, -0.2) is 17.4 Å². The van der Waals surface area contributed by atoms with Crippen molar-refractivity contribution < 1.29 is 4.79 Å². The van der Waals surface area contributed by atoms with E-state index < -0.39 is 0 Å². The van der Waals surface area contributed by atoms with Gasteiger partial charge < -0.3 is 10.6 Å². The van der Waals surface area contributed by atoms with Gasteiger partial charge in [-0.15, -0.1) is 11.3 Å². The van der Waals surface area contributed by atoms with Crippen molar-refractivity contribution in [2.75, 3.05) is 12.3 Å². The van der Waals surface area contributed by atoms with Gasteiger partial charge in [-0.2, -0.15) is 0 Å². The zero-order chi connectivity index (χ0) is 13.0. The van der Waals surface area contributed by atoms with E-state index >= 15 is 0 Å². The highest BCUT2D eigenvalue weighted by Crippen LogP contribution is 2.17. The number of carbonyl (C=O) groups is 1. The number of thiophene rings is 1. The van der Waals surface area contributed by atoms with E-state index in [2.05, 4.69) is 0 Å². The van der Waals surface area contributed by atoms with Gasteiger partial charge in [0.05, 0.1) is 12.1 Å². The predicted octanol–water partition coefficient (Wildman–Crippen LogP) is 2.99. The summed E-state index contributed by atoms with van der Waals surface area (Å²) in [4.78, 5) is 15.4. The molecular weight excluding hydrogens is 244 g/mol. The molecule has 4 heteroatoms. The van der Waals surface area contributed by atoms with E-state index in [0.29, 0.717) is 24.3 Å². The van der Waals surface area contributed by atoms with Crippen molar-refractivity contribution in [2.24, 2.45) is 0 Å². The van der Waals surface area contributed by atoms with Crippen LogP contribution in [0.1, 0.15) is 22.2 Å². The van der Waals surface area contributed by atoms with Gasteiger partial charge in [-0.1, -0.05) is 18.2 Å². The lowest BCUT2D eigenvalue weighted by atomic mass is 10.1. The molecule has 0 saturated carbocycles. The molecule has 0 bridgehead atoms. The summed E-state index contributed by atoms with van der Waals surface area (Å²) in [6.45, 7) is 3.29. The Bertz CT molecular complexity index is 522. The van der Waals surface area contributed by atoms with Crippen LogP contribution in [0.15, 0.2) is 41.8 Å². The van der Waals surface area contributed by atoms with Crippen molar-refractivity contribution in [3.05, 3.63) is 52.2 Å². The molecule has 1 aromatic carbocycles. The van der Waals surface area contributed by atoms with E-state index in [0.717, 1.165) is 0 Å². The molecule has 2 aromatic rings. The molecule has 0 aliphatic heterocycles. The molecule has 1 aromatic heterocycles. The number of nitrogens with two attached hydrogens (primary N) is 1. The summed E-state index contributed by atoms with van der Waals surface area (Å²) in [5.41, 5.74) is 6.96. The first-order chi connectivity index (χ1) is 8.72. The fraction of sp³-hybridized carbons (Fsp3) is 0.214. The Morgan fingerprint density at radius 1 is 1.28 bits per heavy atom. The number of benzene rings is 1. The lowest BCUT2D eigenvalue weighted by Gasteiger charge is -2.21. The molecule has 94 valence electrons. The summed E-state index contributed by atoms with van der Waals surface area (Å²) in [5.74, 6) is -0.0102. The van der Waals surface area contributed by atoms with Crippen LogP contribution in [0.5, 0.6) is 0 Å². The minimum Gasteiger partial charge on any atom is -0.398 e. The first-order valence-electron chi connectivity index (χ1n) is 5.88. The van der Waals surface area contributed by atoms with Gasteiger partial charge in [0.15, 0.2) is 0 Å². The molecule has 0 saturated heterocycles. The Balaban J connectivity index is 2.18. The highest BCUT2D eigenvalue weighted by atomic mass is 32.1. The monoisotopic (exact) mass is 260 g/mol. The number of anilines is 1. The van der Waals surface area contributed by atoms with E-state index in [1.165, 1.54) is 4.88 Å². The molecule has 2 rings (SSSR count). The normalized spacial score (nSPS) is 10.3. The summed E-state index contributed by atoms with van der Waals surface area (Å²) >= 11 is 1.66. The van der Waals surface area contributed by atoms with Crippen LogP contribution in [0.25, 0.3) is 0 Å². The zero-order valence-electron chi connectivity index (χ0n) is 10.3. The Labute approximate surface area is 111 Å². The van der Waals surface area contributed by atoms with Crippen LogP contribution in [0.4, 0.5) is 5.69 Å². The maximum atomic E-state index is 12.4. The number of nitrogens with zero attached hydrogens (tertiary/aromatic N) is 1. The number of carbonyl (C=O) groups excluding carboxylic acids is 1. The van der Waals surface area contributed by atoms with Crippen LogP contribution in [0, 0.1) is 0 Å². The van der Waals surface area contributed by atoms with Crippen molar-refractivity contribution in [3.63, 3.8) is 0 Å². The molecule has 3 nitrogen and oxygen atoms in total. The minimum absolute atomic E-state index is 0.0102. The van der Waals surface area contributed by atoms with Gasteiger partial charge in [-0.3, -0.25) is 4.79 Å². The van der Waals surface area contributed by atoms with Crippen molar-refractivity contribution in [3.8, 4) is 0 Å². The second-order valence-corrected chi connectivity index (χ2v) is 5.02. The number of nitrogen functional groups attached to an aromatic ring is 1. The Kier molecular flexibility index (Phi) is 3.99. The third-order valence-corrected chi connectivity index (χ3v) is 3.65. The maximum absolute atomic E-state index is 12.4. The molecule has 0 spiro atoms. The summed E-state index contributed by atoms with van der Waals surface area (Å²) < 4.78 is 0. The largest absolute Gasteiger partial charge is 0.398 e. The molecule has 1 amide bonds. The molecule has 0 aliphatic rings. The number of hydrogen-bond acceptors (Lipinski definition) is 3. The van der Waals surface area contributed by atoms with E-state index in [4.69, 9.17) is 5.73 Å². The average Bonchev–Trinajstić information content (AvgIpc) is 2.88. The standard InChI is InChI=1S/C14H16N2OS/c1-2-16(10-11-6-5-9-18-11)14(17)12-7-3-4-8-13(12)15/h3-9H,2,10,15H2,1H3. The fourth-order valence-corrected chi connectivity index (χ4v) is 2.50. The minimum atomic E-state index is -0.0102. The molecule has 2 N–H and O–H groups in total. The highest BCUT2D eigenvalue weighted by molar-refractivity contribution is 7.09. The van der Waals surface area contributed by atoms with Gasteiger partial charge in [0.1, 0.15) is 0 Å². The summed E-state index contributed by atoms with van der Waals surface area (Å²) in [7, 11) is 0. The van der Waals surface area contributed by atoms with Crippen LogP contribution in [0.2, 0.25) is 0 Å². The number of rotatable bonds is 4. The smallest absolute Gasteiger partial charge is 0.256 e. The van der Waals surface area contributed by atoms with Crippen molar-refractivity contribution in [1.29, 1.82) is 0 Å². The molecule has 0 unspecified atom stereocenters. The highest BCUT2D eigenvalue weighted by Gasteiger charge is 2.16. The van der Waals surface area contributed by atoms with Crippen LogP contribution < -0.4 is 5.73 Å². The van der Waals surface area contributed by atoms with Crippen molar-refractivity contribution in [2.45, 2.75) is 13.5 Å². The van der Waals surface area contributed by atoms with Crippen LogP contribution >= 0.6 is 11.3 Å².